The average molecular weight is 366 g/mol. The number of nitrogens with one attached hydrogen (secondary N) is 2. The fraction of sp³-hybridized carbons (Fsp3) is 0.846. The molecule has 7 heteroatoms. The Balaban J connectivity index is 2.15. The monoisotopic (exact) mass is 365 g/mol. The molecule has 0 spiro atoms. The smallest absolute Gasteiger partial charge is 0.407 e. The van der Waals surface area contributed by atoms with E-state index in [1.165, 1.54) is 0 Å². The van der Waals surface area contributed by atoms with Crippen molar-refractivity contribution in [3.63, 3.8) is 0 Å². The average Bonchev–Trinajstić information content (AvgIpc) is 2.67. The molecule has 1 saturated heterocycles. The summed E-state index contributed by atoms with van der Waals surface area (Å²) < 4.78 is 5.15. The molecule has 2 N–H and O–H groups in total. The summed E-state index contributed by atoms with van der Waals surface area (Å²) in [6.45, 7) is 8.99. The van der Waals surface area contributed by atoms with Gasteiger partial charge in [-0.05, 0) is 34.1 Å². The van der Waals surface area contributed by atoms with Gasteiger partial charge in [-0.1, -0.05) is 27.7 Å². The number of nitrogens with zero attached hydrogens (tertiary/aromatic N) is 1. The number of rotatable bonds is 5. The van der Waals surface area contributed by atoms with Gasteiger partial charge in [-0.3, -0.25) is 4.99 Å². The van der Waals surface area contributed by atoms with Gasteiger partial charge in [0, 0.05) is 29.7 Å². The largest absolute Gasteiger partial charge is 0.444 e. The van der Waals surface area contributed by atoms with Gasteiger partial charge in [-0.2, -0.15) is 0 Å². The molecule has 2 unspecified atom stereocenters. The standard InChI is InChI=1S/C13H24BrN3O2S/c1-9-10(8-14)20-11(17-9)15-6-5-7-16-12(18)19-13(2,3)4/h9-10H,5-8H2,1-4H3,(H,15,17)(H,16,18). The van der Waals surface area contributed by atoms with E-state index in [0.29, 0.717) is 24.4 Å². The van der Waals surface area contributed by atoms with E-state index in [9.17, 15) is 4.79 Å². The topological polar surface area (TPSA) is 62.7 Å². The predicted octanol–water partition coefficient (Wildman–Crippen LogP) is 2.75. The fourth-order valence-corrected chi connectivity index (χ4v) is 3.58. The van der Waals surface area contributed by atoms with Crippen molar-refractivity contribution in [2.24, 2.45) is 4.99 Å². The van der Waals surface area contributed by atoms with Gasteiger partial charge in [0.25, 0.3) is 0 Å². The third-order valence-corrected chi connectivity index (χ3v) is 5.06. The highest BCUT2D eigenvalue weighted by Gasteiger charge is 2.27. The molecule has 1 aliphatic rings. The first-order chi connectivity index (χ1) is 9.31. The molecular weight excluding hydrogens is 342 g/mol. The summed E-state index contributed by atoms with van der Waals surface area (Å²) >= 11 is 5.27. The van der Waals surface area contributed by atoms with E-state index in [0.717, 1.165) is 16.9 Å². The van der Waals surface area contributed by atoms with Gasteiger partial charge in [0.05, 0.1) is 0 Å². The van der Waals surface area contributed by atoms with Crippen LogP contribution in [0.5, 0.6) is 0 Å². The molecular formula is C13H24BrN3O2S. The number of carbonyl (C=O) groups is 1. The number of alkyl carbamates (subject to hydrolysis) is 1. The minimum absolute atomic E-state index is 0.369. The number of amides is 1. The number of hydrogen-bond donors (Lipinski definition) is 2. The number of hydrogen-bond acceptors (Lipinski definition) is 4. The maximum absolute atomic E-state index is 11.4. The first-order valence-electron chi connectivity index (χ1n) is 6.82. The zero-order valence-electron chi connectivity index (χ0n) is 12.5. The summed E-state index contributed by atoms with van der Waals surface area (Å²) in [6, 6.07) is 0.443. The number of carbonyl (C=O) groups excluding carboxylic acids is 1. The van der Waals surface area contributed by atoms with Crippen LogP contribution >= 0.6 is 27.7 Å². The lowest BCUT2D eigenvalue weighted by molar-refractivity contribution is 0.0527. The highest BCUT2D eigenvalue weighted by Crippen LogP contribution is 2.24. The van der Waals surface area contributed by atoms with Crippen molar-refractivity contribution in [1.29, 1.82) is 0 Å². The Bertz CT molecular complexity index is 358. The molecule has 5 nitrogen and oxygen atoms in total. The normalized spacial score (nSPS) is 24.6. The summed E-state index contributed by atoms with van der Waals surface area (Å²) in [7, 11) is 0. The lowest BCUT2D eigenvalue weighted by atomic mass is 10.2. The number of amidine groups is 1. The number of thioether (sulfide) groups is 1. The van der Waals surface area contributed by atoms with E-state index in [4.69, 9.17) is 4.74 Å². The zero-order valence-corrected chi connectivity index (χ0v) is 14.9. The quantitative estimate of drug-likeness (QED) is 0.580. The van der Waals surface area contributed by atoms with Crippen molar-refractivity contribution in [1.82, 2.24) is 10.6 Å². The van der Waals surface area contributed by atoms with Crippen LogP contribution in [-0.4, -0.2) is 46.6 Å². The van der Waals surface area contributed by atoms with Crippen LogP contribution in [0.2, 0.25) is 0 Å². The number of alkyl halides is 1. The van der Waals surface area contributed by atoms with Gasteiger partial charge in [0.2, 0.25) is 0 Å². The number of ether oxygens (including phenoxy) is 1. The van der Waals surface area contributed by atoms with Crippen LogP contribution in [0.25, 0.3) is 0 Å². The molecule has 1 amide bonds. The van der Waals surface area contributed by atoms with Crippen molar-refractivity contribution in [3.8, 4) is 0 Å². The van der Waals surface area contributed by atoms with Gasteiger partial charge in [-0.25, -0.2) is 4.79 Å². The van der Waals surface area contributed by atoms with Crippen LogP contribution in [0.4, 0.5) is 4.79 Å². The van der Waals surface area contributed by atoms with E-state index in [1.807, 2.05) is 20.8 Å². The number of halogens is 1. The molecule has 0 aromatic rings. The third kappa shape index (κ3) is 6.83. The van der Waals surface area contributed by atoms with Crippen LogP contribution in [0.3, 0.4) is 0 Å². The van der Waals surface area contributed by atoms with Gasteiger partial charge in [0.1, 0.15) is 5.60 Å². The maximum Gasteiger partial charge on any atom is 0.407 e. The summed E-state index contributed by atoms with van der Waals surface area (Å²) in [4.78, 5) is 15.9. The summed E-state index contributed by atoms with van der Waals surface area (Å²) in [5, 5.41) is 8.58. The zero-order chi connectivity index (χ0) is 15.2. The van der Waals surface area contributed by atoms with Gasteiger partial charge < -0.3 is 15.4 Å². The Morgan fingerprint density at radius 2 is 2.25 bits per heavy atom. The van der Waals surface area contributed by atoms with Crippen molar-refractivity contribution < 1.29 is 9.53 Å². The molecule has 0 saturated carbocycles. The molecule has 0 bridgehead atoms. The molecule has 20 heavy (non-hydrogen) atoms. The van der Waals surface area contributed by atoms with Crippen LogP contribution < -0.4 is 10.6 Å². The van der Waals surface area contributed by atoms with Crippen LogP contribution in [0, 0.1) is 0 Å². The molecule has 0 aromatic heterocycles. The Hall–Kier alpha value is -0.430. The lowest BCUT2D eigenvalue weighted by Gasteiger charge is -2.19. The van der Waals surface area contributed by atoms with Crippen molar-refractivity contribution in [3.05, 3.63) is 0 Å². The molecule has 116 valence electrons. The minimum atomic E-state index is -0.449. The second-order valence-electron chi connectivity index (χ2n) is 5.71. The molecule has 0 aliphatic carbocycles. The second kappa shape index (κ2) is 8.12. The van der Waals surface area contributed by atoms with Gasteiger partial charge >= 0.3 is 6.09 Å². The molecule has 0 aromatic carbocycles. The summed E-state index contributed by atoms with van der Waals surface area (Å²) in [6.07, 6.45) is 0.435. The van der Waals surface area contributed by atoms with Crippen LogP contribution in [0.15, 0.2) is 4.99 Å². The minimum Gasteiger partial charge on any atom is -0.444 e. The molecule has 1 heterocycles. The SMILES string of the molecule is CC1NC(=NCCCNC(=O)OC(C)(C)C)SC1CBr. The van der Waals surface area contributed by atoms with E-state index in [2.05, 4.69) is 38.5 Å². The maximum atomic E-state index is 11.4. The van der Waals surface area contributed by atoms with Crippen LogP contribution in [-0.2, 0) is 4.74 Å². The van der Waals surface area contributed by atoms with Crippen molar-refractivity contribution in [2.45, 2.75) is 51.0 Å². The van der Waals surface area contributed by atoms with Gasteiger partial charge in [-0.15, -0.1) is 0 Å². The highest BCUT2D eigenvalue weighted by atomic mass is 79.9. The Kier molecular flexibility index (Phi) is 7.15. The molecule has 1 rings (SSSR count). The first kappa shape index (κ1) is 17.6. The molecule has 0 radical (unpaired) electrons. The molecule has 1 fully saturated rings. The van der Waals surface area contributed by atoms with Crippen LogP contribution in [0.1, 0.15) is 34.1 Å². The van der Waals surface area contributed by atoms with E-state index in [1.54, 1.807) is 11.8 Å². The molecule has 1 aliphatic heterocycles. The molecule has 2 atom stereocenters. The Morgan fingerprint density at radius 1 is 1.55 bits per heavy atom. The van der Waals surface area contributed by atoms with Gasteiger partial charge in [0.15, 0.2) is 5.17 Å². The van der Waals surface area contributed by atoms with E-state index in [-0.39, 0.29) is 6.09 Å². The Morgan fingerprint density at radius 3 is 2.80 bits per heavy atom. The van der Waals surface area contributed by atoms with E-state index < -0.39 is 5.60 Å². The fourth-order valence-electron chi connectivity index (χ4n) is 1.58. The van der Waals surface area contributed by atoms with Crippen molar-refractivity contribution >= 4 is 39.0 Å². The third-order valence-electron chi connectivity index (χ3n) is 2.58. The number of aliphatic imine (C=N–C) groups is 1. The highest BCUT2D eigenvalue weighted by molar-refractivity contribution is 9.09. The Labute approximate surface area is 133 Å². The summed E-state index contributed by atoms with van der Waals surface area (Å²) in [5.41, 5.74) is -0.449. The van der Waals surface area contributed by atoms with Crippen molar-refractivity contribution in [2.75, 3.05) is 18.4 Å². The second-order valence-corrected chi connectivity index (χ2v) is 7.59. The summed E-state index contributed by atoms with van der Waals surface area (Å²) in [5.74, 6) is 0. The lowest BCUT2D eigenvalue weighted by Crippen LogP contribution is -2.33. The predicted molar refractivity (Wildman–Crippen MR) is 88.9 cm³/mol. The van der Waals surface area contributed by atoms with E-state index >= 15 is 0 Å². The first-order valence-corrected chi connectivity index (χ1v) is 8.82.